The van der Waals surface area contributed by atoms with Crippen molar-refractivity contribution in [2.24, 2.45) is 4.99 Å². The quantitative estimate of drug-likeness (QED) is 0.374. The number of rotatable bonds is 1. The maximum absolute atomic E-state index is 10.0. The largest absolute Gasteiger partial charge is 0.286 e. The van der Waals surface area contributed by atoms with Crippen LogP contribution in [0.25, 0.3) is 0 Å². The van der Waals surface area contributed by atoms with Crippen LogP contribution in [-0.2, 0) is 0 Å². The lowest BCUT2D eigenvalue weighted by molar-refractivity contribution is -0.506. The summed E-state index contributed by atoms with van der Waals surface area (Å²) in [7, 11) is 0. The molecule has 1 aliphatic rings. The van der Waals surface area contributed by atoms with E-state index in [0.29, 0.717) is 0 Å². The van der Waals surface area contributed by atoms with Crippen LogP contribution in [0, 0.1) is 10.1 Å². The highest BCUT2D eigenvalue weighted by atomic mass is 16.6. The number of nitrogens with zero attached hydrogens (tertiary/aromatic N) is 2. The van der Waals surface area contributed by atoms with Gasteiger partial charge in [-0.25, -0.2) is 0 Å². The Labute approximate surface area is 52.1 Å². The number of hydrogen-bond donors (Lipinski definition) is 0. The van der Waals surface area contributed by atoms with Gasteiger partial charge in [0.2, 0.25) is 0 Å². The van der Waals surface area contributed by atoms with Gasteiger partial charge in [-0.05, 0) is 12.2 Å². The average Bonchev–Trinajstić information content (AvgIpc) is 1.90. The number of dihydropyridines is 1. The standard InChI is InChI=1S/C5H6N2O2/c8-7(9)5-2-1-3-6-4-5/h1-3,5H,4H2. The topological polar surface area (TPSA) is 55.5 Å². The van der Waals surface area contributed by atoms with Crippen LogP contribution in [0.1, 0.15) is 0 Å². The normalized spacial score (nSPS) is 24.2. The van der Waals surface area contributed by atoms with Crippen molar-refractivity contribution in [3.05, 3.63) is 22.3 Å². The van der Waals surface area contributed by atoms with E-state index >= 15 is 0 Å². The molecule has 9 heavy (non-hydrogen) atoms. The Morgan fingerprint density at radius 1 is 1.78 bits per heavy atom. The molecule has 0 spiro atoms. The lowest BCUT2D eigenvalue weighted by Gasteiger charge is -2.01. The van der Waals surface area contributed by atoms with Crippen molar-refractivity contribution in [3.8, 4) is 0 Å². The van der Waals surface area contributed by atoms with E-state index in [-0.39, 0.29) is 11.5 Å². The lowest BCUT2D eigenvalue weighted by atomic mass is 10.2. The third kappa shape index (κ3) is 1.35. The van der Waals surface area contributed by atoms with Gasteiger partial charge >= 0.3 is 0 Å². The van der Waals surface area contributed by atoms with Gasteiger partial charge in [-0.3, -0.25) is 15.1 Å². The van der Waals surface area contributed by atoms with Gasteiger partial charge in [0.05, 0.1) is 0 Å². The maximum Gasteiger partial charge on any atom is 0.250 e. The first-order valence-corrected chi connectivity index (χ1v) is 2.61. The monoisotopic (exact) mass is 126 g/mol. The molecule has 0 amide bonds. The summed E-state index contributed by atoms with van der Waals surface area (Å²) in [4.78, 5) is 13.4. The van der Waals surface area contributed by atoms with E-state index in [0.717, 1.165) is 0 Å². The highest BCUT2D eigenvalue weighted by molar-refractivity contribution is 5.72. The number of nitro groups is 1. The molecule has 0 bridgehead atoms. The molecule has 0 fully saturated rings. The maximum atomic E-state index is 10.0. The van der Waals surface area contributed by atoms with Crippen LogP contribution in [0.3, 0.4) is 0 Å². The van der Waals surface area contributed by atoms with Crippen molar-refractivity contribution in [3.63, 3.8) is 0 Å². The SMILES string of the molecule is O=[N+]([O-])C1C=CC=NC1. The fraction of sp³-hybridized carbons (Fsp3) is 0.400. The first-order chi connectivity index (χ1) is 4.30. The summed E-state index contributed by atoms with van der Waals surface area (Å²) in [6, 6.07) is -0.602. The van der Waals surface area contributed by atoms with Crippen LogP contribution in [0.5, 0.6) is 0 Å². The fourth-order valence-electron chi connectivity index (χ4n) is 0.605. The first kappa shape index (κ1) is 5.94. The minimum Gasteiger partial charge on any atom is -0.286 e. The Morgan fingerprint density at radius 2 is 2.56 bits per heavy atom. The minimum atomic E-state index is -0.602. The number of allylic oxidation sites excluding steroid dienone is 1. The van der Waals surface area contributed by atoms with Crippen molar-refractivity contribution >= 4 is 6.21 Å². The van der Waals surface area contributed by atoms with E-state index in [1.165, 1.54) is 6.08 Å². The van der Waals surface area contributed by atoms with Gasteiger partial charge in [0.15, 0.2) is 0 Å². The van der Waals surface area contributed by atoms with Gasteiger partial charge in [0, 0.05) is 11.1 Å². The van der Waals surface area contributed by atoms with E-state index in [1.807, 2.05) is 0 Å². The van der Waals surface area contributed by atoms with Crippen LogP contribution in [0.4, 0.5) is 0 Å². The van der Waals surface area contributed by atoms with E-state index in [2.05, 4.69) is 4.99 Å². The molecule has 0 N–H and O–H groups in total. The molecular formula is C5H6N2O2. The molecule has 1 heterocycles. The molecular weight excluding hydrogens is 120 g/mol. The van der Waals surface area contributed by atoms with Crippen molar-refractivity contribution in [1.29, 1.82) is 0 Å². The molecule has 1 rings (SSSR count). The zero-order valence-electron chi connectivity index (χ0n) is 4.73. The van der Waals surface area contributed by atoms with Gasteiger partial charge in [-0.1, -0.05) is 0 Å². The molecule has 0 aromatic rings. The predicted octanol–water partition coefficient (Wildman–Crippen LogP) is 0.272. The molecule has 1 unspecified atom stereocenters. The Morgan fingerprint density at radius 3 is 2.89 bits per heavy atom. The molecule has 0 aromatic carbocycles. The second kappa shape index (κ2) is 2.39. The second-order valence-electron chi connectivity index (χ2n) is 1.75. The fourth-order valence-corrected chi connectivity index (χ4v) is 0.605. The number of hydrogen-bond acceptors (Lipinski definition) is 3. The Hall–Kier alpha value is -1.19. The van der Waals surface area contributed by atoms with Gasteiger partial charge in [-0.2, -0.15) is 0 Å². The summed E-state index contributed by atoms with van der Waals surface area (Å²) >= 11 is 0. The zero-order valence-corrected chi connectivity index (χ0v) is 4.73. The highest BCUT2D eigenvalue weighted by Crippen LogP contribution is 1.96. The van der Waals surface area contributed by atoms with Gasteiger partial charge in [0.1, 0.15) is 6.54 Å². The van der Waals surface area contributed by atoms with Crippen molar-refractivity contribution in [2.75, 3.05) is 6.54 Å². The molecule has 4 nitrogen and oxygen atoms in total. The summed E-state index contributed by atoms with van der Waals surface area (Å²) in [5, 5.41) is 10.0. The minimum absolute atomic E-state index is 0.281. The van der Waals surface area contributed by atoms with Gasteiger partial charge < -0.3 is 0 Å². The third-order valence-electron chi connectivity index (χ3n) is 1.09. The molecule has 1 aliphatic heterocycles. The molecule has 0 saturated heterocycles. The second-order valence-corrected chi connectivity index (χ2v) is 1.75. The van der Waals surface area contributed by atoms with Crippen LogP contribution < -0.4 is 0 Å². The van der Waals surface area contributed by atoms with Crippen molar-refractivity contribution in [1.82, 2.24) is 0 Å². The van der Waals surface area contributed by atoms with Gasteiger partial charge in [0.25, 0.3) is 6.04 Å². The lowest BCUT2D eigenvalue weighted by Crippen LogP contribution is -2.21. The summed E-state index contributed by atoms with van der Waals surface area (Å²) in [5.41, 5.74) is 0. The molecule has 0 aliphatic carbocycles. The smallest absolute Gasteiger partial charge is 0.250 e. The highest BCUT2D eigenvalue weighted by Gasteiger charge is 2.15. The molecule has 1 atom stereocenters. The molecule has 48 valence electrons. The van der Waals surface area contributed by atoms with Crippen LogP contribution >= 0.6 is 0 Å². The van der Waals surface area contributed by atoms with Gasteiger partial charge in [-0.15, -0.1) is 0 Å². The first-order valence-electron chi connectivity index (χ1n) is 2.61. The van der Waals surface area contributed by atoms with Crippen LogP contribution in [0.2, 0.25) is 0 Å². The summed E-state index contributed by atoms with van der Waals surface area (Å²) in [6.07, 6.45) is 4.70. The summed E-state index contributed by atoms with van der Waals surface area (Å²) < 4.78 is 0. The van der Waals surface area contributed by atoms with Crippen LogP contribution in [0.15, 0.2) is 17.1 Å². The molecule has 0 aromatic heterocycles. The molecule has 0 radical (unpaired) electrons. The van der Waals surface area contributed by atoms with Crippen molar-refractivity contribution < 1.29 is 4.92 Å². The van der Waals surface area contributed by atoms with E-state index in [9.17, 15) is 10.1 Å². The average molecular weight is 126 g/mol. The summed E-state index contributed by atoms with van der Waals surface area (Å²) in [5.74, 6) is 0. The van der Waals surface area contributed by atoms with Crippen molar-refractivity contribution in [2.45, 2.75) is 6.04 Å². The number of aliphatic imine (C=N–C) groups is 1. The predicted molar refractivity (Wildman–Crippen MR) is 33.3 cm³/mol. The zero-order chi connectivity index (χ0) is 6.69. The van der Waals surface area contributed by atoms with E-state index in [4.69, 9.17) is 0 Å². The Kier molecular flexibility index (Phi) is 1.58. The molecule has 4 heteroatoms. The Bertz CT molecular complexity index is 174. The summed E-state index contributed by atoms with van der Waals surface area (Å²) in [6.45, 7) is 0.281. The molecule has 0 saturated carbocycles. The third-order valence-corrected chi connectivity index (χ3v) is 1.09. The Balaban J connectivity index is 2.56. The van der Waals surface area contributed by atoms with E-state index in [1.54, 1.807) is 12.3 Å². The van der Waals surface area contributed by atoms with Crippen LogP contribution in [-0.4, -0.2) is 23.7 Å². The van der Waals surface area contributed by atoms with E-state index < -0.39 is 6.04 Å².